The summed E-state index contributed by atoms with van der Waals surface area (Å²) in [6, 6.07) is 0.763. The molecule has 48 valence electrons. The van der Waals surface area contributed by atoms with E-state index in [1.807, 2.05) is 0 Å². The van der Waals surface area contributed by atoms with Gasteiger partial charge in [0.15, 0.2) is 0 Å². The van der Waals surface area contributed by atoms with Gasteiger partial charge in [-0.2, -0.15) is 0 Å². The van der Waals surface area contributed by atoms with Crippen LogP contribution in [0.15, 0.2) is 0 Å². The summed E-state index contributed by atoms with van der Waals surface area (Å²) in [4.78, 5) is 0. The maximum atomic E-state index is 4.05. The maximum Gasteiger partial charge on any atom is 0.0846 e. The molecule has 0 aromatic rings. The van der Waals surface area contributed by atoms with Crippen LogP contribution < -0.4 is 5.73 Å². The Kier molecular flexibility index (Phi) is 1.90. The summed E-state index contributed by atoms with van der Waals surface area (Å²) in [5.74, 6) is 0.950. The molecule has 0 aromatic carbocycles. The van der Waals surface area contributed by atoms with Crippen LogP contribution in [0.2, 0.25) is 0 Å². The van der Waals surface area contributed by atoms with Gasteiger partial charge in [0.25, 0.3) is 0 Å². The smallest absolute Gasteiger partial charge is 0.0846 e. The Bertz CT molecular complexity index is 62.8. The summed E-state index contributed by atoms with van der Waals surface area (Å²) in [6.07, 6.45) is 5.58. The normalized spacial score (nSPS) is 39.8. The summed E-state index contributed by atoms with van der Waals surface area (Å²) in [6.45, 7) is 2.33. The summed E-state index contributed by atoms with van der Waals surface area (Å²) in [5.41, 5.74) is 4.05. The predicted octanol–water partition coefficient (Wildman–Crippen LogP) is 0.807. The SMILES string of the molecule is C[C@H]1CCC[C@@H]([NH3+])C1. The first kappa shape index (κ1) is 6.09. The lowest BCUT2D eigenvalue weighted by atomic mass is 9.88. The fourth-order valence-electron chi connectivity index (χ4n) is 1.56. The Balaban J connectivity index is 2.23. The molecule has 1 aliphatic rings. The summed E-state index contributed by atoms with van der Waals surface area (Å²) in [7, 11) is 0. The van der Waals surface area contributed by atoms with E-state index in [2.05, 4.69) is 12.7 Å². The van der Waals surface area contributed by atoms with E-state index in [0.29, 0.717) is 0 Å². The lowest BCUT2D eigenvalue weighted by Gasteiger charge is -2.20. The largest absolute Gasteiger partial charge is 0.355 e. The van der Waals surface area contributed by atoms with Gasteiger partial charge in [0.2, 0.25) is 0 Å². The van der Waals surface area contributed by atoms with E-state index in [1.54, 1.807) is 0 Å². The molecular formula is C7H16N+. The quantitative estimate of drug-likeness (QED) is 0.482. The Hall–Kier alpha value is -0.0400. The number of rotatable bonds is 0. The molecule has 0 heterocycles. The van der Waals surface area contributed by atoms with Crippen LogP contribution in [-0.2, 0) is 0 Å². The molecule has 1 heteroatoms. The van der Waals surface area contributed by atoms with Crippen LogP contribution in [0.5, 0.6) is 0 Å². The highest BCUT2D eigenvalue weighted by atomic mass is 14.6. The first-order valence-corrected chi connectivity index (χ1v) is 3.62. The highest BCUT2D eigenvalue weighted by Crippen LogP contribution is 2.20. The zero-order valence-corrected chi connectivity index (χ0v) is 5.69. The first-order valence-electron chi connectivity index (χ1n) is 3.62. The van der Waals surface area contributed by atoms with Crippen molar-refractivity contribution in [2.24, 2.45) is 5.92 Å². The first-order chi connectivity index (χ1) is 3.79. The van der Waals surface area contributed by atoms with Crippen molar-refractivity contribution in [3.63, 3.8) is 0 Å². The molecule has 0 saturated heterocycles. The average Bonchev–Trinajstić information content (AvgIpc) is 1.64. The lowest BCUT2D eigenvalue weighted by molar-refractivity contribution is -0.427. The van der Waals surface area contributed by atoms with Crippen LogP contribution in [0.4, 0.5) is 0 Å². The van der Waals surface area contributed by atoms with Crippen molar-refractivity contribution in [2.45, 2.75) is 38.6 Å². The minimum atomic E-state index is 0.763. The van der Waals surface area contributed by atoms with E-state index >= 15 is 0 Å². The summed E-state index contributed by atoms with van der Waals surface area (Å²) < 4.78 is 0. The van der Waals surface area contributed by atoms with Crippen LogP contribution in [0.25, 0.3) is 0 Å². The second-order valence-corrected chi connectivity index (χ2v) is 3.14. The number of quaternary nitrogens is 1. The molecule has 1 fully saturated rings. The molecule has 0 aliphatic heterocycles. The standard InChI is InChI=1S/C7H15N/c1-6-3-2-4-7(8)5-6/h6-7H,2-5,8H2,1H3/p+1/t6-,7+/m0/s1. The molecular weight excluding hydrogens is 98.1 g/mol. The predicted molar refractivity (Wildman–Crippen MR) is 34.3 cm³/mol. The molecule has 0 unspecified atom stereocenters. The third kappa shape index (κ3) is 1.48. The summed E-state index contributed by atoms with van der Waals surface area (Å²) in [5, 5.41) is 0. The monoisotopic (exact) mass is 114 g/mol. The van der Waals surface area contributed by atoms with Crippen molar-refractivity contribution >= 4 is 0 Å². The van der Waals surface area contributed by atoms with Gasteiger partial charge in [0, 0.05) is 6.42 Å². The third-order valence-electron chi connectivity index (χ3n) is 2.04. The zero-order chi connectivity index (χ0) is 5.98. The van der Waals surface area contributed by atoms with Crippen LogP contribution >= 0.6 is 0 Å². The van der Waals surface area contributed by atoms with Gasteiger partial charge in [-0.3, -0.25) is 0 Å². The van der Waals surface area contributed by atoms with Crippen molar-refractivity contribution in [3.05, 3.63) is 0 Å². The summed E-state index contributed by atoms with van der Waals surface area (Å²) >= 11 is 0. The molecule has 0 radical (unpaired) electrons. The van der Waals surface area contributed by atoms with Gasteiger partial charge in [-0.05, 0) is 18.8 Å². The molecule has 1 nitrogen and oxygen atoms in total. The van der Waals surface area contributed by atoms with Gasteiger partial charge in [-0.1, -0.05) is 13.3 Å². The van der Waals surface area contributed by atoms with E-state index in [-0.39, 0.29) is 0 Å². The molecule has 3 N–H and O–H groups in total. The minimum Gasteiger partial charge on any atom is -0.355 e. The van der Waals surface area contributed by atoms with Crippen LogP contribution in [-0.4, -0.2) is 6.04 Å². The van der Waals surface area contributed by atoms with Gasteiger partial charge in [-0.15, -0.1) is 0 Å². The van der Waals surface area contributed by atoms with E-state index in [0.717, 1.165) is 12.0 Å². The minimum absolute atomic E-state index is 0.763. The van der Waals surface area contributed by atoms with Gasteiger partial charge in [-0.25, -0.2) is 0 Å². The second-order valence-electron chi connectivity index (χ2n) is 3.14. The molecule has 2 atom stereocenters. The van der Waals surface area contributed by atoms with Gasteiger partial charge in [0.05, 0.1) is 6.04 Å². The highest BCUT2D eigenvalue weighted by Gasteiger charge is 2.16. The van der Waals surface area contributed by atoms with Crippen LogP contribution in [0.1, 0.15) is 32.6 Å². The Morgan fingerprint density at radius 2 is 2.12 bits per heavy atom. The molecule has 0 amide bonds. The molecule has 0 bridgehead atoms. The fourth-order valence-corrected chi connectivity index (χ4v) is 1.56. The Labute approximate surface area is 51.3 Å². The van der Waals surface area contributed by atoms with Gasteiger partial charge >= 0.3 is 0 Å². The Morgan fingerprint density at radius 1 is 1.38 bits per heavy atom. The maximum absolute atomic E-state index is 4.05. The topological polar surface area (TPSA) is 27.6 Å². The molecule has 0 spiro atoms. The van der Waals surface area contributed by atoms with Gasteiger partial charge in [0.1, 0.15) is 0 Å². The van der Waals surface area contributed by atoms with E-state index in [1.165, 1.54) is 25.7 Å². The van der Waals surface area contributed by atoms with Crippen molar-refractivity contribution in [2.75, 3.05) is 0 Å². The molecule has 1 saturated carbocycles. The fraction of sp³-hybridized carbons (Fsp3) is 1.00. The van der Waals surface area contributed by atoms with Gasteiger partial charge < -0.3 is 5.73 Å². The lowest BCUT2D eigenvalue weighted by Crippen LogP contribution is -2.62. The molecule has 8 heavy (non-hydrogen) atoms. The second kappa shape index (κ2) is 2.49. The Morgan fingerprint density at radius 3 is 2.50 bits per heavy atom. The van der Waals surface area contributed by atoms with Crippen molar-refractivity contribution in [1.82, 2.24) is 0 Å². The van der Waals surface area contributed by atoms with Crippen LogP contribution in [0, 0.1) is 5.92 Å². The highest BCUT2D eigenvalue weighted by molar-refractivity contribution is 4.66. The number of hydrogen-bond donors (Lipinski definition) is 1. The molecule has 1 aliphatic carbocycles. The molecule has 1 rings (SSSR count). The molecule has 0 aromatic heterocycles. The van der Waals surface area contributed by atoms with Crippen LogP contribution in [0.3, 0.4) is 0 Å². The van der Waals surface area contributed by atoms with E-state index in [9.17, 15) is 0 Å². The number of hydrogen-bond acceptors (Lipinski definition) is 0. The third-order valence-corrected chi connectivity index (χ3v) is 2.04. The van der Waals surface area contributed by atoms with E-state index < -0.39 is 0 Å². The zero-order valence-electron chi connectivity index (χ0n) is 5.69. The average molecular weight is 114 g/mol. The van der Waals surface area contributed by atoms with Crippen molar-refractivity contribution in [1.29, 1.82) is 0 Å². The van der Waals surface area contributed by atoms with Crippen molar-refractivity contribution in [3.8, 4) is 0 Å². The van der Waals surface area contributed by atoms with Crippen molar-refractivity contribution < 1.29 is 5.73 Å². The van der Waals surface area contributed by atoms with E-state index in [4.69, 9.17) is 0 Å².